The molecular weight excluding hydrogens is 354 g/mol. The summed E-state index contributed by atoms with van der Waals surface area (Å²) in [6.45, 7) is 2.18. The number of rotatable bonds is 4. The van der Waals surface area contributed by atoms with Crippen molar-refractivity contribution in [3.63, 3.8) is 0 Å². The first kappa shape index (κ1) is 18.1. The minimum absolute atomic E-state index is 0.290. The summed E-state index contributed by atoms with van der Waals surface area (Å²) in [7, 11) is 0. The molecule has 1 atom stereocenters. The fraction of sp³-hybridized carbons (Fsp3) is 0.333. The van der Waals surface area contributed by atoms with Crippen LogP contribution >= 0.6 is 11.5 Å². The van der Waals surface area contributed by atoms with Gasteiger partial charge in [-0.1, -0.05) is 6.07 Å². The van der Waals surface area contributed by atoms with Gasteiger partial charge >= 0.3 is 5.97 Å². The second-order valence-corrected chi connectivity index (χ2v) is 6.83. The predicted octanol–water partition coefficient (Wildman–Crippen LogP) is 2.78. The van der Waals surface area contributed by atoms with Crippen LogP contribution in [0, 0.1) is 6.92 Å². The van der Waals surface area contributed by atoms with Crippen molar-refractivity contribution in [2.75, 3.05) is 11.9 Å². The monoisotopic (exact) mass is 373 g/mol. The third-order valence-corrected chi connectivity index (χ3v) is 5.13. The number of nitrogens with one attached hydrogen (secondary N) is 1. The number of hydrogen-bond donors (Lipinski definition) is 2. The van der Waals surface area contributed by atoms with Crippen LogP contribution in [0.15, 0.2) is 29.6 Å². The summed E-state index contributed by atoms with van der Waals surface area (Å²) in [6.07, 6.45) is 2.04. The van der Waals surface area contributed by atoms with Crippen LogP contribution in [0.3, 0.4) is 0 Å². The maximum absolute atomic E-state index is 12.8. The topological polar surface area (TPSA) is 99.6 Å². The predicted molar refractivity (Wildman–Crippen MR) is 97.6 cm³/mol. The first-order valence-electron chi connectivity index (χ1n) is 8.33. The molecule has 1 aromatic carbocycles. The van der Waals surface area contributed by atoms with Gasteiger partial charge in [0.15, 0.2) is 0 Å². The third-order valence-electron chi connectivity index (χ3n) is 4.41. The summed E-state index contributed by atoms with van der Waals surface area (Å²) < 4.78 is 4.08. The molecular formula is C18H19N3O4S. The number of piperidine rings is 1. The van der Waals surface area contributed by atoms with Crippen LogP contribution in [0.1, 0.15) is 45.7 Å². The van der Waals surface area contributed by atoms with Crippen LogP contribution < -0.4 is 5.32 Å². The van der Waals surface area contributed by atoms with Crippen molar-refractivity contribution >= 4 is 35.0 Å². The second kappa shape index (κ2) is 7.65. The van der Waals surface area contributed by atoms with Crippen LogP contribution in [0.2, 0.25) is 0 Å². The summed E-state index contributed by atoms with van der Waals surface area (Å²) in [4.78, 5) is 37.9. The Bertz CT molecular complexity index is 848. The Morgan fingerprint density at radius 2 is 2.12 bits per heavy atom. The lowest BCUT2D eigenvalue weighted by Gasteiger charge is -2.33. The summed E-state index contributed by atoms with van der Waals surface area (Å²) in [5.74, 6) is -1.60. The van der Waals surface area contributed by atoms with Crippen molar-refractivity contribution < 1.29 is 19.5 Å². The Labute approximate surface area is 154 Å². The van der Waals surface area contributed by atoms with Crippen LogP contribution in [0.25, 0.3) is 0 Å². The molecule has 3 rings (SSSR count). The standard InChI is InChI=1S/C18H19N3O4S/c1-11-14(10-26-20-11)16(22)19-13-6-4-5-12(9-13)17(23)21-8-3-2-7-15(21)18(24)25/h4-6,9-10,15H,2-3,7-8H2,1H3,(H,19,22)(H,24,25). The highest BCUT2D eigenvalue weighted by Gasteiger charge is 2.32. The quantitative estimate of drug-likeness (QED) is 0.858. The van der Waals surface area contributed by atoms with Crippen molar-refractivity contribution in [3.8, 4) is 0 Å². The normalized spacial score (nSPS) is 17.0. The van der Waals surface area contributed by atoms with E-state index in [1.54, 1.807) is 36.6 Å². The molecule has 1 saturated heterocycles. The summed E-state index contributed by atoms with van der Waals surface area (Å²) in [6, 6.07) is 5.76. The van der Waals surface area contributed by atoms with E-state index in [4.69, 9.17) is 0 Å². The van der Waals surface area contributed by atoms with Crippen molar-refractivity contribution in [1.82, 2.24) is 9.27 Å². The molecule has 1 unspecified atom stereocenters. The zero-order valence-electron chi connectivity index (χ0n) is 14.3. The number of aliphatic carboxylic acids is 1. The van der Waals surface area contributed by atoms with Gasteiger partial charge < -0.3 is 15.3 Å². The first-order valence-corrected chi connectivity index (χ1v) is 9.17. The van der Waals surface area contributed by atoms with Gasteiger partial charge in [-0.2, -0.15) is 4.37 Å². The molecule has 136 valence electrons. The average Bonchev–Trinajstić information content (AvgIpc) is 3.07. The summed E-state index contributed by atoms with van der Waals surface area (Å²) in [5, 5.41) is 13.8. The summed E-state index contributed by atoms with van der Waals surface area (Å²) in [5.41, 5.74) is 1.98. The largest absolute Gasteiger partial charge is 0.480 e. The fourth-order valence-corrected chi connectivity index (χ4v) is 3.73. The number of carboxylic acids is 1. The van der Waals surface area contributed by atoms with Gasteiger partial charge in [-0.3, -0.25) is 9.59 Å². The Kier molecular flexibility index (Phi) is 5.32. The zero-order chi connectivity index (χ0) is 18.7. The highest BCUT2D eigenvalue weighted by Crippen LogP contribution is 2.22. The Morgan fingerprint density at radius 3 is 2.81 bits per heavy atom. The molecule has 0 saturated carbocycles. The number of nitrogens with zero attached hydrogens (tertiary/aromatic N) is 2. The van der Waals surface area contributed by atoms with Crippen LogP contribution in [0.4, 0.5) is 5.69 Å². The zero-order valence-corrected chi connectivity index (χ0v) is 15.1. The van der Waals surface area contributed by atoms with Crippen molar-refractivity contribution in [3.05, 3.63) is 46.5 Å². The molecule has 1 aliphatic rings. The number of benzene rings is 1. The molecule has 0 spiro atoms. The minimum atomic E-state index is -0.983. The number of aryl methyl sites for hydroxylation is 1. The molecule has 2 amide bonds. The van der Waals surface area contributed by atoms with E-state index in [9.17, 15) is 19.5 Å². The lowest BCUT2D eigenvalue weighted by molar-refractivity contribution is -0.143. The molecule has 8 heteroatoms. The lowest BCUT2D eigenvalue weighted by Crippen LogP contribution is -2.48. The number of carboxylic acid groups (broad SMARTS) is 1. The third kappa shape index (κ3) is 3.75. The first-order chi connectivity index (χ1) is 12.5. The van der Waals surface area contributed by atoms with Gasteiger partial charge in [0.05, 0.1) is 11.3 Å². The minimum Gasteiger partial charge on any atom is -0.480 e. The molecule has 1 aliphatic heterocycles. The van der Waals surface area contributed by atoms with Gasteiger partial charge in [0, 0.05) is 23.2 Å². The van der Waals surface area contributed by atoms with E-state index in [1.807, 2.05) is 0 Å². The number of hydrogen-bond acceptors (Lipinski definition) is 5. The van der Waals surface area contributed by atoms with E-state index in [0.717, 1.165) is 12.8 Å². The van der Waals surface area contributed by atoms with Crippen molar-refractivity contribution in [2.24, 2.45) is 0 Å². The van der Waals surface area contributed by atoms with Gasteiger partial charge in [-0.15, -0.1) is 0 Å². The number of likely N-dealkylation sites (tertiary alicyclic amines) is 1. The molecule has 7 nitrogen and oxygen atoms in total. The Hall–Kier alpha value is -2.74. The maximum atomic E-state index is 12.8. The molecule has 0 bridgehead atoms. The van der Waals surface area contributed by atoms with E-state index in [1.165, 1.54) is 16.4 Å². The van der Waals surface area contributed by atoms with Gasteiger partial charge in [0.25, 0.3) is 11.8 Å². The van der Waals surface area contributed by atoms with E-state index >= 15 is 0 Å². The van der Waals surface area contributed by atoms with Crippen LogP contribution in [-0.4, -0.2) is 44.8 Å². The maximum Gasteiger partial charge on any atom is 0.326 e. The molecule has 2 N–H and O–H groups in total. The van der Waals surface area contributed by atoms with E-state index in [0.29, 0.717) is 35.5 Å². The average molecular weight is 373 g/mol. The second-order valence-electron chi connectivity index (χ2n) is 6.20. The number of anilines is 1. The Morgan fingerprint density at radius 1 is 1.31 bits per heavy atom. The van der Waals surface area contributed by atoms with E-state index < -0.39 is 12.0 Å². The van der Waals surface area contributed by atoms with E-state index in [2.05, 4.69) is 9.69 Å². The highest BCUT2D eigenvalue weighted by molar-refractivity contribution is 7.04. The molecule has 0 aliphatic carbocycles. The van der Waals surface area contributed by atoms with Crippen LogP contribution in [0.5, 0.6) is 0 Å². The number of aromatic nitrogens is 1. The molecule has 0 radical (unpaired) electrons. The molecule has 2 heterocycles. The van der Waals surface area contributed by atoms with Gasteiger partial charge in [-0.05, 0) is 55.9 Å². The number of amides is 2. The molecule has 26 heavy (non-hydrogen) atoms. The lowest BCUT2D eigenvalue weighted by atomic mass is 10.0. The number of carbonyl (C=O) groups excluding carboxylic acids is 2. The highest BCUT2D eigenvalue weighted by atomic mass is 32.1. The molecule has 1 fully saturated rings. The van der Waals surface area contributed by atoms with Crippen LogP contribution in [-0.2, 0) is 4.79 Å². The smallest absolute Gasteiger partial charge is 0.326 e. The fourth-order valence-electron chi connectivity index (χ4n) is 3.04. The van der Waals surface area contributed by atoms with Gasteiger partial charge in [0.1, 0.15) is 6.04 Å². The van der Waals surface area contributed by atoms with Gasteiger partial charge in [0.2, 0.25) is 0 Å². The van der Waals surface area contributed by atoms with Gasteiger partial charge in [-0.25, -0.2) is 4.79 Å². The number of carbonyl (C=O) groups is 3. The van der Waals surface area contributed by atoms with E-state index in [-0.39, 0.29) is 11.8 Å². The SMILES string of the molecule is Cc1nscc1C(=O)Nc1cccc(C(=O)N2CCCCC2C(=O)O)c1. The van der Waals surface area contributed by atoms with Crippen molar-refractivity contribution in [2.45, 2.75) is 32.2 Å². The molecule has 2 aromatic rings. The Balaban J connectivity index is 1.78. The van der Waals surface area contributed by atoms with Crippen molar-refractivity contribution in [1.29, 1.82) is 0 Å². The summed E-state index contributed by atoms with van der Waals surface area (Å²) >= 11 is 1.21. The molecule has 1 aromatic heterocycles.